The van der Waals surface area contributed by atoms with E-state index in [0.29, 0.717) is 0 Å². The summed E-state index contributed by atoms with van der Waals surface area (Å²) in [6.45, 7) is 0. The van der Waals surface area contributed by atoms with Crippen molar-refractivity contribution in [1.29, 1.82) is 0 Å². The molecule has 0 fully saturated rings. The summed E-state index contributed by atoms with van der Waals surface area (Å²) >= 11 is 1.43. The molecule has 0 aliphatic heterocycles. The minimum absolute atomic E-state index is 0.748. The van der Waals surface area contributed by atoms with Crippen molar-refractivity contribution in [3.63, 3.8) is 0 Å². The number of aromatic nitrogens is 3. The number of carboxylic acids is 1. The van der Waals surface area contributed by atoms with Crippen molar-refractivity contribution in [1.82, 2.24) is 14.5 Å². The first-order valence-corrected chi connectivity index (χ1v) is 8.44. The lowest BCUT2D eigenvalue weighted by Crippen LogP contribution is -1.90. The van der Waals surface area contributed by atoms with Gasteiger partial charge in [0.25, 0.3) is 0 Å². The summed E-state index contributed by atoms with van der Waals surface area (Å²) in [5.74, 6) is -0.984. The van der Waals surface area contributed by atoms with Crippen molar-refractivity contribution in [2.45, 2.75) is 0 Å². The number of hydrogen-bond donors (Lipinski definition) is 1. The Morgan fingerprint density at radius 1 is 1.08 bits per heavy atom. The van der Waals surface area contributed by atoms with E-state index in [4.69, 9.17) is 10.1 Å². The van der Waals surface area contributed by atoms with Crippen LogP contribution >= 0.6 is 11.3 Å². The van der Waals surface area contributed by atoms with Crippen LogP contribution in [0.25, 0.3) is 33.5 Å². The first kappa shape index (κ1) is 15.3. The third kappa shape index (κ3) is 2.95. The average molecular weight is 347 g/mol. The molecule has 0 radical (unpaired) electrons. The highest BCUT2D eigenvalue weighted by Gasteiger charge is 2.14. The lowest BCUT2D eigenvalue weighted by atomic mass is 10.1. The van der Waals surface area contributed by atoms with Crippen LogP contribution in [0.1, 0.15) is 4.88 Å². The number of carboxylic acid groups (broad SMARTS) is 1. The predicted molar refractivity (Wildman–Crippen MR) is 98.8 cm³/mol. The standard InChI is InChI=1S/C19H13N3O2S/c23-17(24)11-10-16-18(13-6-2-1-3-7-13)21-19(25-16)22-12-20-14-8-4-5-9-15(14)22/h1-12H,(H,23,24). The number of fused-ring (bicyclic) bond motifs is 1. The fourth-order valence-electron chi connectivity index (χ4n) is 2.60. The molecule has 0 unspecified atom stereocenters. The maximum atomic E-state index is 10.9. The number of aliphatic carboxylic acids is 1. The summed E-state index contributed by atoms with van der Waals surface area (Å²) in [6, 6.07) is 17.6. The normalized spacial score (nSPS) is 11.4. The Labute approximate surface area is 147 Å². The third-order valence-electron chi connectivity index (χ3n) is 3.73. The summed E-state index contributed by atoms with van der Waals surface area (Å²) in [5.41, 5.74) is 3.56. The van der Waals surface area contributed by atoms with Gasteiger partial charge in [-0.1, -0.05) is 53.8 Å². The molecule has 0 atom stereocenters. The molecule has 2 aromatic heterocycles. The smallest absolute Gasteiger partial charge is 0.328 e. The number of benzene rings is 2. The molecule has 0 aliphatic rings. The molecule has 0 bridgehead atoms. The van der Waals surface area contributed by atoms with Crippen LogP contribution in [0, 0.1) is 0 Å². The van der Waals surface area contributed by atoms with Gasteiger partial charge in [-0.25, -0.2) is 14.8 Å². The zero-order valence-corrected chi connectivity index (χ0v) is 13.9. The Balaban J connectivity index is 1.88. The summed E-state index contributed by atoms with van der Waals surface area (Å²) in [4.78, 5) is 20.9. The van der Waals surface area contributed by atoms with Crippen LogP contribution in [0.15, 0.2) is 67.0 Å². The molecular weight excluding hydrogens is 334 g/mol. The highest BCUT2D eigenvalue weighted by atomic mass is 32.1. The van der Waals surface area contributed by atoms with E-state index in [9.17, 15) is 4.79 Å². The van der Waals surface area contributed by atoms with Gasteiger partial charge in [0, 0.05) is 11.6 Å². The topological polar surface area (TPSA) is 68.0 Å². The Kier molecular flexibility index (Phi) is 3.87. The molecule has 5 nitrogen and oxygen atoms in total. The Bertz CT molecular complexity index is 1080. The van der Waals surface area contributed by atoms with E-state index in [1.54, 1.807) is 12.4 Å². The molecule has 0 saturated carbocycles. The highest BCUT2D eigenvalue weighted by Crippen LogP contribution is 2.32. The number of para-hydroxylation sites is 2. The second-order valence-corrected chi connectivity index (χ2v) is 6.36. The molecule has 4 rings (SSSR count). The number of rotatable bonds is 4. The van der Waals surface area contributed by atoms with Crippen LogP contribution in [0.4, 0.5) is 0 Å². The zero-order valence-electron chi connectivity index (χ0n) is 13.0. The third-order valence-corrected chi connectivity index (χ3v) is 4.75. The molecule has 0 saturated heterocycles. The Morgan fingerprint density at radius 3 is 2.64 bits per heavy atom. The first-order chi connectivity index (χ1) is 12.2. The SMILES string of the molecule is O=C(O)C=Cc1sc(-n2cnc3ccccc32)nc1-c1ccccc1. The summed E-state index contributed by atoms with van der Waals surface area (Å²) in [5, 5.41) is 9.70. The maximum Gasteiger partial charge on any atom is 0.328 e. The van der Waals surface area contributed by atoms with Crippen LogP contribution in [-0.2, 0) is 4.79 Å². The van der Waals surface area contributed by atoms with E-state index < -0.39 is 5.97 Å². The van der Waals surface area contributed by atoms with Crippen molar-refractivity contribution in [3.8, 4) is 16.4 Å². The number of nitrogens with zero attached hydrogens (tertiary/aromatic N) is 3. The van der Waals surface area contributed by atoms with Gasteiger partial charge in [-0.2, -0.15) is 0 Å². The number of carbonyl (C=O) groups is 1. The predicted octanol–water partition coefficient (Wildman–Crippen LogP) is 4.25. The van der Waals surface area contributed by atoms with E-state index in [1.807, 2.05) is 59.2 Å². The number of imidazole rings is 1. The van der Waals surface area contributed by atoms with Crippen molar-refractivity contribution >= 4 is 34.4 Å². The minimum Gasteiger partial charge on any atom is -0.478 e. The molecule has 122 valence electrons. The van der Waals surface area contributed by atoms with Gasteiger partial charge in [0.2, 0.25) is 0 Å². The summed E-state index contributed by atoms with van der Waals surface area (Å²) in [7, 11) is 0. The van der Waals surface area contributed by atoms with Crippen LogP contribution in [-0.4, -0.2) is 25.6 Å². The fourth-order valence-corrected chi connectivity index (χ4v) is 3.57. The van der Waals surface area contributed by atoms with E-state index >= 15 is 0 Å². The second kappa shape index (κ2) is 6.33. The van der Waals surface area contributed by atoms with Crippen LogP contribution in [0.3, 0.4) is 0 Å². The van der Waals surface area contributed by atoms with Gasteiger partial charge in [0.05, 0.1) is 21.6 Å². The fraction of sp³-hybridized carbons (Fsp3) is 0. The molecule has 0 spiro atoms. The lowest BCUT2D eigenvalue weighted by Gasteiger charge is -1.99. The maximum absolute atomic E-state index is 10.9. The molecule has 4 aromatic rings. The monoisotopic (exact) mass is 347 g/mol. The molecule has 0 aliphatic carbocycles. The minimum atomic E-state index is -0.984. The van der Waals surface area contributed by atoms with Crippen LogP contribution < -0.4 is 0 Å². The van der Waals surface area contributed by atoms with Gasteiger partial charge in [-0.15, -0.1) is 0 Å². The Hall–Kier alpha value is -3.25. The molecule has 6 heteroatoms. The molecule has 2 aromatic carbocycles. The van der Waals surface area contributed by atoms with Crippen LogP contribution in [0.5, 0.6) is 0 Å². The van der Waals surface area contributed by atoms with Crippen molar-refractivity contribution in [3.05, 3.63) is 71.9 Å². The van der Waals surface area contributed by atoms with Crippen molar-refractivity contribution in [2.75, 3.05) is 0 Å². The lowest BCUT2D eigenvalue weighted by molar-refractivity contribution is -0.131. The van der Waals surface area contributed by atoms with Gasteiger partial charge in [-0.05, 0) is 18.2 Å². The molecular formula is C19H13N3O2S. The van der Waals surface area contributed by atoms with Gasteiger partial charge in [0.15, 0.2) is 5.13 Å². The van der Waals surface area contributed by atoms with Gasteiger partial charge < -0.3 is 5.11 Å². The molecule has 25 heavy (non-hydrogen) atoms. The van der Waals surface area contributed by atoms with E-state index in [0.717, 1.165) is 38.4 Å². The quantitative estimate of drug-likeness (QED) is 0.561. The largest absolute Gasteiger partial charge is 0.478 e. The van der Waals surface area contributed by atoms with E-state index in [2.05, 4.69) is 4.98 Å². The average Bonchev–Trinajstić information content (AvgIpc) is 3.24. The van der Waals surface area contributed by atoms with Crippen molar-refractivity contribution < 1.29 is 9.90 Å². The van der Waals surface area contributed by atoms with E-state index in [1.165, 1.54) is 11.3 Å². The number of hydrogen-bond acceptors (Lipinski definition) is 4. The van der Waals surface area contributed by atoms with E-state index in [-0.39, 0.29) is 0 Å². The van der Waals surface area contributed by atoms with Gasteiger partial charge in [0.1, 0.15) is 6.33 Å². The molecule has 1 N–H and O–H groups in total. The second-order valence-electron chi connectivity index (χ2n) is 5.35. The van der Waals surface area contributed by atoms with Crippen molar-refractivity contribution in [2.24, 2.45) is 0 Å². The first-order valence-electron chi connectivity index (χ1n) is 7.62. The van der Waals surface area contributed by atoms with Gasteiger partial charge in [-0.3, -0.25) is 4.57 Å². The number of thiazole rings is 1. The summed E-state index contributed by atoms with van der Waals surface area (Å²) in [6.07, 6.45) is 4.46. The molecule has 2 heterocycles. The zero-order chi connectivity index (χ0) is 17.2. The van der Waals surface area contributed by atoms with Gasteiger partial charge >= 0.3 is 5.97 Å². The Morgan fingerprint density at radius 2 is 1.84 bits per heavy atom. The van der Waals surface area contributed by atoms with Crippen LogP contribution in [0.2, 0.25) is 0 Å². The summed E-state index contributed by atoms with van der Waals surface area (Å²) < 4.78 is 1.92. The highest BCUT2D eigenvalue weighted by molar-refractivity contribution is 7.15. The molecule has 0 amide bonds.